The summed E-state index contributed by atoms with van der Waals surface area (Å²) in [5, 5.41) is 9.22. The van der Waals surface area contributed by atoms with E-state index in [-0.39, 0.29) is 17.9 Å². The summed E-state index contributed by atoms with van der Waals surface area (Å²) in [7, 11) is 0. The maximum atomic E-state index is 12.6. The molecule has 4 nitrogen and oxygen atoms in total. The summed E-state index contributed by atoms with van der Waals surface area (Å²) in [6.45, 7) is 1.18. The minimum absolute atomic E-state index is 0.0673. The number of aliphatic hydroxyl groups excluding tert-OH is 1. The molecule has 2 rings (SSSR count). The van der Waals surface area contributed by atoms with E-state index in [2.05, 4.69) is 0 Å². The Bertz CT molecular complexity index is 291. The molecule has 0 atom stereocenters. The molecule has 1 amide bonds. The van der Waals surface area contributed by atoms with Crippen molar-refractivity contribution >= 4 is 5.91 Å². The van der Waals surface area contributed by atoms with Crippen molar-refractivity contribution in [2.45, 2.75) is 63.8 Å². The van der Waals surface area contributed by atoms with Crippen LogP contribution in [0, 0.1) is 5.41 Å². The van der Waals surface area contributed by atoms with Crippen LogP contribution in [0.15, 0.2) is 0 Å². The second-order valence-corrected chi connectivity index (χ2v) is 6.34. The third kappa shape index (κ3) is 3.48. The molecule has 3 N–H and O–H groups in total. The van der Waals surface area contributed by atoms with Crippen LogP contribution in [0.25, 0.3) is 0 Å². The maximum Gasteiger partial charge on any atom is 0.223 e. The smallest absolute Gasteiger partial charge is 0.223 e. The van der Waals surface area contributed by atoms with Crippen molar-refractivity contribution in [3.8, 4) is 0 Å². The first-order chi connectivity index (χ1) is 9.21. The van der Waals surface area contributed by atoms with Crippen LogP contribution in [-0.2, 0) is 4.79 Å². The fraction of sp³-hybridized carbons (Fsp3) is 0.933. The number of nitrogens with zero attached hydrogens (tertiary/aromatic N) is 1. The van der Waals surface area contributed by atoms with E-state index in [0.29, 0.717) is 25.6 Å². The first-order valence-corrected chi connectivity index (χ1v) is 7.81. The standard InChI is InChI=1S/C15H28N2O2/c16-12-15(7-4-8-15)11-14(19)17(9-10-18)13-5-2-1-3-6-13/h13,18H,1-12,16H2. The molecular formula is C15H28N2O2. The number of rotatable bonds is 6. The van der Waals surface area contributed by atoms with Crippen molar-refractivity contribution in [1.29, 1.82) is 0 Å². The molecule has 0 unspecified atom stereocenters. The Labute approximate surface area is 116 Å². The summed E-state index contributed by atoms with van der Waals surface area (Å²) < 4.78 is 0. The molecule has 2 saturated carbocycles. The van der Waals surface area contributed by atoms with Crippen molar-refractivity contribution in [2.75, 3.05) is 19.7 Å². The molecule has 0 radical (unpaired) electrons. The van der Waals surface area contributed by atoms with Gasteiger partial charge in [-0.1, -0.05) is 25.7 Å². The highest BCUT2D eigenvalue weighted by atomic mass is 16.3. The third-order valence-corrected chi connectivity index (χ3v) is 5.05. The first kappa shape index (κ1) is 14.8. The number of carbonyl (C=O) groups is 1. The number of hydrogen-bond donors (Lipinski definition) is 2. The highest BCUT2D eigenvalue weighted by Gasteiger charge is 2.39. The van der Waals surface area contributed by atoms with Gasteiger partial charge in [0.1, 0.15) is 0 Å². The van der Waals surface area contributed by atoms with Crippen LogP contribution >= 0.6 is 0 Å². The molecule has 2 aliphatic carbocycles. The Kier molecular flexibility index (Phi) is 5.22. The predicted octanol–water partition coefficient (Wildman–Crippen LogP) is 1.66. The van der Waals surface area contributed by atoms with Gasteiger partial charge in [-0.25, -0.2) is 0 Å². The fourth-order valence-electron chi connectivity index (χ4n) is 3.56. The Balaban J connectivity index is 1.95. The Morgan fingerprint density at radius 3 is 2.37 bits per heavy atom. The van der Waals surface area contributed by atoms with E-state index in [1.165, 1.54) is 25.7 Å². The Hall–Kier alpha value is -0.610. The topological polar surface area (TPSA) is 66.6 Å². The summed E-state index contributed by atoms with van der Waals surface area (Å²) in [6, 6.07) is 0.350. The van der Waals surface area contributed by atoms with Crippen LogP contribution in [0.5, 0.6) is 0 Å². The highest BCUT2D eigenvalue weighted by molar-refractivity contribution is 5.77. The molecule has 0 aliphatic heterocycles. The molecule has 0 aromatic carbocycles. The van der Waals surface area contributed by atoms with Crippen molar-refractivity contribution in [1.82, 2.24) is 4.90 Å². The summed E-state index contributed by atoms with van der Waals surface area (Å²) in [6.07, 6.45) is 9.87. The van der Waals surface area contributed by atoms with Crippen LogP contribution in [-0.4, -0.2) is 41.7 Å². The number of hydrogen-bond acceptors (Lipinski definition) is 3. The minimum Gasteiger partial charge on any atom is -0.395 e. The lowest BCUT2D eigenvalue weighted by Gasteiger charge is -2.43. The van der Waals surface area contributed by atoms with Crippen LogP contribution in [0.3, 0.4) is 0 Å². The second kappa shape index (κ2) is 6.71. The van der Waals surface area contributed by atoms with Crippen molar-refractivity contribution in [3.63, 3.8) is 0 Å². The van der Waals surface area contributed by atoms with E-state index in [0.717, 1.165) is 25.7 Å². The molecule has 0 bridgehead atoms. The monoisotopic (exact) mass is 268 g/mol. The zero-order chi connectivity index (χ0) is 13.7. The van der Waals surface area contributed by atoms with Gasteiger partial charge >= 0.3 is 0 Å². The molecule has 110 valence electrons. The molecule has 0 heterocycles. The van der Waals surface area contributed by atoms with Crippen molar-refractivity contribution in [2.24, 2.45) is 11.1 Å². The lowest BCUT2D eigenvalue weighted by atomic mass is 9.66. The van der Waals surface area contributed by atoms with Gasteiger partial charge in [-0.2, -0.15) is 0 Å². The molecule has 4 heteroatoms. The van der Waals surface area contributed by atoms with E-state index in [4.69, 9.17) is 5.73 Å². The van der Waals surface area contributed by atoms with Gasteiger partial charge in [-0.15, -0.1) is 0 Å². The van der Waals surface area contributed by atoms with E-state index in [1.54, 1.807) is 0 Å². The van der Waals surface area contributed by atoms with Crippen LogP contribution in [0.4, 0.5) is 0 Å². The van der Waals surface area contributed by atoms with E-state index >= 15 is 0 Å². The number of nitrogens with two attached hydrogens (primary N) is 1. The molecular weight excluding hydrogens is 240 g/mol. The van der Waals surface area contributed by atoms with Crippen molar-refractivity contribution < 1.29 is 9.90 Å². The molecule has 2 aliphatic rings. The lowest BCUT2D eigenvalue weighted by molar-refractivity contribution is -0.138. The molecule has 19 heavy (non-hydrogen) atoms. The van der Waals surface area contributed by atoms with Gasteiger partial charge in [0.05, 0.1) is 6.61 Å². The van der Waals surface area contributed by atoms with Crippen molar-refractivity contribution in [3.05, 3.63) is 0 Å². The highest BCUT2D eigenvalue weighted by Crippen LogP contribution is 2.43. The van der Waals surface area contributed by atoms with Gasteiger partial charge in [-0.3, -0.25) is 4.79 Å². The molecule has 2 fully saturated rings. The SMILES string of the molecule is NCC1(CC(=O)N(CCO)C2CCCCC2)CCC1. The molecule has 0 saturated heterocycles. The normalized spacial score (nSPS) is 22.8. The van der Waals surface area contributed by atoms with Crippen LogP contribution in [0.1, 0.15) is 57.8 Å². The van der Waals surface area contributed by atoms with Gasteiger partial charge in [0.25, 0.3) is 0 Å². The zero-order valence-corrected chi connectivity index (χ0v) is 11.9. The molecule has 0 spiro atoms. The third-order valence-electron chi connectivity index (χ3n) is 5.05. The van der Waals surface area contributed by atoms with Gasteiger partial charge in [0, 0.05) is 19.0 Å². The zero-order valence-electron chi connectivity index (χ0n) is 11.9. The van der Waals surface area contributed by atoms with Gasteiger partial charge in [0.2, 0.25) is 5.91 Å². The van der Waals surface area contributed by atoms with E-state index in [1.807, 2.05) is 4.90 Å². The Morgan fingerprint density at radius 1 is 1.21 bits per heavy atom. The summed E-state index contributed by atoms with van der Waals surface area (Å²) in [4.78, 5) is 14.5. The summed E-state index contributed by atoms with van der Waals surface area (Å²) in [5.74, 6) is 0.214. The quantitative estimate of drug-likeness (QED) is 0.770. The summed E-state index contributed by atoms with van der Waals surface area (Å²) >= 11 is 0. The predicted molar refractivity (Wildman–Crippen MR) is 75.6 cm³/mol. The fourth-order valence-corrected chi connectivity index (χ4v) is 3.56. The average molecular weight is 268 g/mol. The van der Waals surface area contributed by atoms with Crippen LogP contribution < -0.4 is 5.73 Å². The maximum absolute atomic E-state index is 12.6. The Morgan fingerprint density at radius 2 is 1.89 bits per heavy atom. The molecule has 0 aromatic heterocycles. The average Bonchev–Trinajstić information content (AvgIpc) is 2.41. The molecule has 0 aromatic rings. The largest absolute Gasteiger partial charge is 0.395 e. The van der Waals surface area contributed by atoms with Gasteiger partial charge in [0.15, 0.2) is 0 Å². The number of carbonyl (C=O) groups excluding carboxylic acids is 1. The van der Waals surface area contributed by atoms with E-state index in [9.17, 15) is 9.90 Å². The first-order valence-electron chi connectivity index (χ1n) is 7.81. The summed E-state index contributed by atoms with van der Waals surface area (Å²) in [5.41, 5.74) is 5.92. The lowest BCUT2D eigenvalue weighted by Crippen LogP contribution is -2.48. The minimum atomic E-state index is 0.0673. The second-order valence-electron chi connectivity index (χ2n) is 6.34. The number of amides is 1. The van der Waals surface area contributed by atoms with Gasteiger partial charge in [-0.05, 0) is 37.6 Å². The van der Waals surface area contributed by atoms with Crippen LogP contribution in [0.2, 0.25) is 0 Å². The van der Waals surface area contributed by atoms with Gasteiger partial charge < -0.3 is 15.7 Å². The van der Waals surface area contributed by atoms with E-state index < -0.39 is 0 Å². The number of aliphatic hydroxyl groups is 1.